The van der Waals surface area contributed by atoms with Crippen LogP contribution in [0.25, 0.3) is 0 Å². The number of benzene rings is 1. The van der Waals surface area contributed by atoms with E-state index in [1.165, 1.54) is 12.1 Å². The lowest BCUT2D eigenvalue weighted by atomic mass is 10.1. The molecule has 1 N–H and O–H groups in total. The fourth-order valence-electron chi connectivity index (χ4n) is 4.25. The first-order valence-electron chi connectivity index (χ1n) is 10.6. The number of para-hydroxylation sites is 2. The number of guanidine groups is 1. The van der Waals surface area contributed by atoms with Crippen LogP contribution in [0.3, 0.4) is 0 Å². The number of methoxy groups -OCH3 is 1. The molecule has 8 nitrogen and oxygen atoms in total. The summed E-state index contributed by atoms with van der Waals surface area (Å²) in [5.41, 5.74) is 1.19. The van der Waals surface area contributed by atoms with E-state index in [-0.39, 0.29) is 0 Å². The highest BCUT2D eigenvalue weighted by atomic mass is 16.5. The second kappa shape index (κ2) is 9.65. The number of aromatic nitrogens is 2. The van der Waals surface area contributed by atoms with E-state index in [1.54, 1.807) is 19.5 Å². The van der Waals surface area contributed by atoms with Crippen LogP contribution >= 0.6 is 0 Å². The number of hydrogen-bond donors (Lipinski definition) is 1. The molecular weight excluding hydrogens is 378 g/mol. The number of aliphatic imine (C=N–C) groups is 1. The Morgan fingerprint density at radius 1 is 1.07 bits per heavy atom. The molecule has 8 heteroatoms. The number of nitrogens with one attached hydrogen (secondary N) is 1. The number of ether oxygens (including phenoxy) is 1. The van der Waals surface area contributed by atoms with Crippen molar-refractivity contribution in [3.8, 4) is 5.75 Å². The highest BCUT2D eigenvalue weighted by Gasteiger charge is 2.26. The molecule has 2 aromatic rings. The average molecular weight is 410 g/mol. The zero-order valence-corrected chi connectivity index (χ0v) is 17.9. The number of hydrogen-bond acceptors (Lipinski definition) is 6. The minimum absolute atomic E-state index is 0.589. The van der Waals surface area contributed by atoms with Gasteiger partial charge in [0.05, 0.1) is 12.8 Å². The zero-order valence-electron chi connectivity index (χ0n) is 17.9. The van der Waals surface area contributed by atoms with Crippen molar-refractivity contribution in [2.75, 3.05) is 69.8 Å². The molecule has 0 radical (unpaired) electrons. The maximum atomic E-state index is 5.53. The van der Waals surface area contributed by atoms with Gasteiger partial charge in [-0.1, -0.05) is 12.1 Å². The van der Waals surface area contributed by atoms with Crippen LogP contribution in [0.5, 0.6) is 5.75 Å². The fraction of sp³-hybridized carbons (Fsp3) is 0.500. The third-order valence-corrected chi connectivity index (χ3v) is 5.89. The summed E-state index contributed by atoms with van der Waals surface area (Å²) in [6.45, 7) is 6.64. The van der Waals surface area contributed by atoms with Crippen LogP contribution < -0.4 is 19.9 Å². The van der Waals surface area contributed by atoms with Crippen LogP contribution in [0.15, 0.2) is 47.7 Å². The minimum atomic E-state index is 0.589. The predicted octanol–water partition coefficient (Wildman–Crippen LogP) is 1.71. The lowest BCUT2D eigenvalue weighted by Gasteiger charge is -2.36. The van der Waals surface area contributed by atoms with E-state index in [0.29, 0.717) is 5.92 Å². The Balaban J connectivity index is 1.26. The van der Waals surface area contributed by atoms with Crippen LogP contribution in [0.1, 0.15) is 6.42 Å². The van der Waals surface area contributed by atoms with Crippen molar-refractivity contribution >= 4 is 17.6 Å². The monoisotopic (exact) mass is 409 g/mol. The largest absolute Gasteiger partial charge is 0.495 e. The van der Waals surface area contributed by atoms with Gasteiger partial charge in [0.2, 0.25) is 5.95 Å². The smallest absolute Gasteiger partial charge is 0.225 e. The Bertz CT molecular complexity index is 836. The second-order valence-electron chi connectivity index (χ2n) is 7.72. The molecule has 0 amide bonds. The van der Waals surface area contributed by atoms with Gasteiger partial charge < -0.3 is 24.8 Å². The SMILES string of the molecule is CN=C(NCC1CCN(c2ccccc2OC)C1)N1CCN(c2ncccn2)CC1. The van der Waals surface area contributed by atoms with E-state index in [4.69, 9.17) is 4.74 Å². The molecule has 1 unspecified atom stereocenters. The van der Waals surface area contributed by atoms with Crippen LogP contribution in [0.2, 0.25) is 0 Å². The maximum absolute atomic E-state index is 5.53. The molecule has 1 aromatic heterocycles. The summed E-state index contributed by atoms with van der Waals surface area (Å²) in [5, 5.41) is 3.60. The van der Waals surface area contributed by atoms with Crippen LogP contribution in [-0.4, -0.2) is 80.8 Å². The molecule has 2 fully saturated rings. The quantitative estimate of drug-likeness (QED) is 0.596. The highest BCUT2D eigenvalue weighted by Crippen LogP contribution is 2.31. The van der Waals surface area contributed by atoms with E-state index >= 15 is 0 Å². The zero-order chi connectivity index (χ0) is 20.8. The topological polar surface area (TPSA) is 69.1 Å². The molecule has 1 atom stereocenters. The summed E-state index contributed by atoms with van der Waals surface area (Å²) in [6, 6.07) is 10.1. The Hall–Kier alpha value is -3.03. The normalized spacial score (nSPS) is 19.9. The first-order chi connectivity index (χ1) is 14.8. The fourth-order valence-corrected chi connectivity index (χ4v) is 4.25. The molecule has 2 aliphatic heterocycles. The van der Waals surface area contributed by atoms with Crippen molar-refractivity contribution in [1.29, 1.82) is 0 Å². The summed E-state index contributed by atoms with van der Waals surface area (Å²) in [7, 11) is 3.60. The Labute approximate surface area is 178 Å². The van der Waals surface area contributed by atoms with Crippen LogP contribution in [0.4, 0.5) is 11.6 Å². The third-order valence-electron chi connectivity index (χ3n) is 5.89. The summed E-state index contributed by atoms with van der Waals surface area (Å²) in [4.78, 5) is 20.2. The number of nitrogens with zero attached hydrogens (tertiary/aromatic N) is 6. The van der Waals surface area contributed by atoms with Gasteiger partial charge in [-0.15, -0.1) is 0 Å². The highest BCUT2D eigenvalue weighted by molar-refractivity contribution is 5.80. The van der Waals surface area contributed by atoms with Gasteiger partial charge in [-0.3, -0.25) is 4.99 Å². The second-order valence-corrected chi connectivity index (χ2v) is 7.72. The summed E-state index contributed by atoms with van der Waals surface area (Å²) in [6.07, 6.45) is 4.76. The first-order valence-corrected chi connectivity index (χ1v) is 10.6. The van der Waals surface area contributed by atoms with Crippen molar-refractivity contribution in [1.82, 2.24) is 20.2 Å². The van der Waals surface area contributed by atoms with E-state index < -0.39 is 0 Å². The molecule has 0 aliphatic carbocycles. The molecule has 30 heavy (non-hydrogen) atoms. The predicted molar refractivity (Wildman–Crippen MR) is 120 cm³/mol. The number of piperazine rings is 1. The Morgan fingerprint density at radius 2 is 1.83 bits per heavy atom. The van der Waals surface area contributed by atoms with E-state index in [2.05, 4.69) is 47.1 Å². The lowest BCUT2D eigenvalue weighted by Crippen LogP contribution is -2.53. The molecule has 3 heterocycles. The standard InChI is InChI=1S/C22H31N7O/c1-23-21(27-12-14-28(15-13-27)22-24-9-5-10-25-22)26-16-18-8-11-29(17-18)19-6-3-4-7-20(19)30-2/h3-7,9-10,18H,8,11-17H2,1-2H3,(H,23,26). The molecule has 0 spiro atoms. The average Bonchev–Trinajstić information content (AvgIpc) is 3.29. The van der Waals surface area contributed by atoms with E-state index in [0.717, 1.165) is 63.5 Å². The van der Waals surface area contributed by atoms with Gasteiger partial charge in [-0.05, 0) is 30.5 Å². The molecule has 0 bridgehead atoms. The van der Waals surface area contributed by atoms with Gasteiger partial charge in [0.25, 0.3) is 0 Å². The minimum Gasteiger partial charge on any atom is -0.495 e. The van der Waals surface area contributed by atoms with Gasteiger partial charge in [-0.2, -0.15) is 0 Å². The summed E-state index contributed by atoms with van der Waals surface area (Å²) in [5.74, 6) is 3.33. The maximum Gasteiger partial charge on any atom is 0.225 e. The molecule has 2 aliphatic rings. The van der Waals surface area contributed by atoms with Crippen molar-refractivity contribution in [2.24, 2.45) is 10.9 Å². The summed E-state index contributed by atoms with van der Waals surface area (Å²) >= 11 is 0. The van der Waals surface area contributed by atoms with Crippen LogP contribution in [-0.2, 0) is 0 Å². The van der Waals surface area contributed by atoms with Gasteiger partial charge in [0, 0.05) is 65.3 Å². The van der Waals surface area contributed by atoms with Crippen molar-refractivity contribution in [3.63, 3.8) is 0 Å². The number of anilines is 2. The van der Waals surface area contributed by atoms with Crippen molar-refractivity contribution in [3.05, 3.63) is 42.7 Å². The van der Waals surface area contributed by atoms with E-state index in [1.807, 2.05) is 25.2 Å². The first kappa shape index (κ1) is 20.3. The van der Waals surface area contributed by atoms with Crippen molar-refractivity contribution in [2.45, 2.75) is 6.42 Å². The lowest BCUT2D eigenvalue weighted by molar-refractivity contribution is 0.367. The third kappa shape index (κ3) is 4.58. The number of rotatable bonds is 5. The molecular formula is C22H31N7O. The van der Waals surface area contributed by atoms with Crippen LogP contribution in [0, 0.1) is 5.92 Å². The molecule has 4 rings (SSSR count). The molecule has 2 saturated heterocycles. The molecule has 1 aromatic carbocycles. The summed E-state index contributed by atoms with van der Waals surface area (Å²) < 4.78 is 5.53. The Morgan fingerprint density at radius 3 is 2.57 bits per heavy atom. The van der Waals surface area contributed by atoms with Gasteiger partial charge in [0.15, 0.2) is 5.96 Å². The Kier molecular flexibility index (Phi) is 6.51. The van der Waals surface area contributed by atoms with Gasteiger partial charge in [-0.25, -0.2) is 9.97 Å². The molecule has 160 valence electrons. The van der Waals surface area contributed by atoms with Gasteiger partial charge in [0.1, 0.15) is 5.75 Å². The molecule has 0 saturated carbocycles. The van der Waals surface area contributed by atoms with Gasteiger partial charge >= 0.3 is 0 Å². The van der Waals surface area contributed by atoms with E-state index in [9.17, 15) is 0 Å². The van der Waals surface area contributed by atoms with Crippen molar-refractivity contribution < 1.29 is 4.74 Å².